The van der Waals surface area contributed by atoms with Crippen molar-refractivity contribution in [2.24, 2.45) is 0 Å². The average molecular weight is 226 g/mol. The first-order valence-corrected chi connectivity index (χ1v) is 5.20. The van der Waals surface area contributed by atoms with E-state index in [1.807, 2.05) is 12.3 Å². The number of imidazole rings is 1. The van der Waals surface area contributed by atoms with Crippen LogP contribution < -0.4 is 0 Å². The van der Waals surface area contributed by atoms with Crippen molar-refractivity contribution in [1.29, 1.82) is 0 Å². The number of phenolic OH excluding ortho intramolecular Hbond substituents is 1. The summed E-state index contributed by atoms with van der Waals surface area (Å²) in [4.78, 5) is 4.16. The molecular weight excluding hydrogens is 216 g/mol. The van der Waals surface area contributed by atoms with Crippen molar-refractivity contribution < 1.29 is 10.2 Å². The Morgan fingerprint density at radius 1 is 1.06 bits per heavy atom. The van der Waals surface area contributed by atoms with Gasteiger partial charge >= 0.3 is 0 Å². The van der Waals surface area contributed by atoms with E-state index in [-0.39, 0.29) is 11.5 Å². The summed E-state index contributed by atoms with van der Waals surface area (Å²) < 4.78 is 1.78. The summed E-state index contributed by atoms with van der Waals surface area (Å²) in [5.74, 6) is 0.344. The first kappa shape index (κ1) is 9.72. The predicted molar refractivity (Wildman–Crippen MR) is 64.0 cm³/mol. The molecule has 0 saturated heterocycles. The molecule has 84 valence electrons. The quantitative estimate of drug-likeness (QED) is 0.670. The minimum atomic E-state index is 0.138. The van der Waals surface area contributed by atoms with Crippen LogP contribution in [-0.4, -0.2) is 19.6 Å². The topological polar surface area (TPSA) is 57.8 Å². The average Bonchev–Trinajstić information content (AvgIpc) is 2.74. The van der Waals surface area contributed by atoms with E-state index in [1.54, 1.807) is 40.9 Å². The third kappa shape index (κ3) is 1.50. The third-order valence-corrected chi connectivity index (χ3v) is 2.66. The normalized spacial score (nSPS) is 10.8. The van der Waals surface area contributed by atoms with Crippen molar-refractivity contribution in [3.63, 3.8) is 0 Å². The molecule has 0 amide bonds. The van der Waals surface area contributed by atoms with Crippen LogP contribution in [0.25, 0.3) is 16.9 Å². The van der Waals surface area contributed by atoms with Gasteiger partial charge in [0.1, 0.15) is 5.75 Å². The zero-order valence-corrected chi connectivity index (χ0v) is 8.91. The number of fused-ring (bicyclic) bond motifs is 1. The highest BCUT2D eigenvalue weighted by Crippen LogP contribution is 2.26. The SMILES string of the molecule is Oc1cccc(-c2cnc3c(O)cccn23)c1. The zero-order valence-electron chi connectivity index (χ0n) is 8.91. The van der Waals surface area contributed by atoms with Gasteiger partial charge in [-0.2, -0.15) is 0 Å². The van der Waals surface area contributed by atoms with Gasteiger partial charge in [-0.15, -0.1) is 0 Å². The number of benzene rings is 1. The van der Waals surface area contributed by atoms with E-state index in [2.05, 4.69) is 4.98 Å². The van der Waals surface area contributed by atoms with Crippen molar-refractivity contribution in [3.8, 4) is 22.8 Å². The van der Waals surface area contributed by atoms with Crippen molar-refractivity contribution >= 4 is 5.65 Å². The van der Waals surface area contributed by atoms with Crippen LogP contribution in [0.3, 0.4) is 0 Å². The standard InChI is InChI=1S/C13H10N2O2/c16-10-4-1-3-9(7-10)11-8-14-13-12(17)5-2-6-15(11)13/h1-8,16-17H. The minimum absolute atomic E-state index is 0.138. The molecule has 3 aromatic rings. The van der Waals surface area contributed by atoms with Gasteiger partial charge in [0.2, 0.25) is 0 Å². The van der Waals surface area contributed by atoms with Crippen molar-refractivity contribution in [2.45, 2.75) is 0 Å². The van der Waals surface area contributed by atoms with Crippen LogP contribution in [0, 0.1) is 0 Å². The zero-order chi connectivity index (χ0) is 11.8. The maximum atomic E-state index is 9.65. The molecule has 2 heterocycles. The maximum absolute atomic E-state index is 9.65. The molecule has 2 N–H and O–H groups in total. The van der Waals surface area contributed by atoms with Gasteiger partial charge in [-0.25, -0.2) is 4.98 Å². The summed E-state index contributed by atoms with van der Waals surface area (Å²) >= 11 is 0. The molecule has 0 radical (unpaired) electrons. The number of phenols is 1. The Bertz CT molecular complexity index is 689. The molecule has 0 aliphatic carbocycles. The van der Waals surface area contributed by atoms with Gasteiger partial charge < -0.3 is 10.2 Å². The van der Waals surface area contributed by atoms with Gasteiger partial charge in [-0.1, -0.05) is 12.1 Å². The highest BCUT2D eigenvalue weighted by molar-refractivity contribution is 5.67. The lowest BCUT2D eigenvalue weighted by molar-refractivity contribution is 0.475. The molecule has 0 spiro atoms. The number of aromatic hydroxyl groups is 2. The van der Waals surface area contributed by atoms with Crippen LogP contribution in [0.1, 0.15) is 0 Å². The van der Waals surface area contributed by atoms with Crippen molar-refractivity contribution in [3.05, 3.63) is 48.8 Å². The van der Waals surface area contributed by atoms with Gasteiger partial charge in [0.15, 0.2) is 11.4 Å². The number of aromatic nitrogens is 2. The molecule has 4 heteroatoms. The van der Waals surface area contributed by atoms with Gasteiger partial charge in [-0.05, 0) is 24.3 Å². The molecule has 0 aliphatic rings. The fourth-order valence-corrected chi connectivity index (χ4v) is 1.87. The smallest absolute Gasteiger partial charge is 0.179 e. The Kier molecular flexibility index (Phi) is 2.01. The summed E-state index contributed by atoms with van der Waals surface area (Å²) in [6.07, 6.45) is 3.49. The highest BCUT2D eigenvalue weighted by Gasteiger charge is 2.08. The van der Waals surface area contributed by atoms with Crippen LogP contribution >= 0.6 is 0 Å². The number of hydrogen-bond acceptors (Lipinski definition) is 3. The first-order valence-electron chi connectivity index (χ1n) is 5.20. The summed E-state index contributed by atoms with van der Waals surface area (Å²) in [6.45, 7) is 0. The lowest BCUT2D eigenvalue weighted by atomic mass is 10.1. The fourth-order valence-electron chi connectivity index (χ4n) is 1.87. The van der Waals surface area contributed by atoms with E-state index in [0.29, 0.717) is 5.65 Å². The second-order valence-corrected chi connectivity index (χ2v) is 3.78. The minimum Gasteiger partial charge on any atom is -0.508 e. The number of pyridine rings is 1. The van der Waals surface area contributed by atoms with Crippen LogP contribution in [0.2, 0.25) is 0 Å². The van der Waals surface area contributed by atoms with Gasteiger partial charge in [0, 0.05) is 11.8 Å². The van der Waals surface area contributed by atoms with E-state index in [0.717, 1.165) is 11.3 Å². The van der Waals surface area contributed by atoms with Crippen LogP contribution in [0.15, 0.2) is 48.8 Å². The fraction of sp³-hybridized carbons (Fsp3) is 0. The van der Waals surface area contributed by atoms with E-state index >= 15 is 0 Å². The third-order valence-electron chi connectivity index (χ3n) is 2.66. The van der Waals surface area contributed by atoms with E-state index < -0.39 is 0 Å². The summed E-state index contributed by atoms with van der Waals surface area (Å²) in [5, 5.41) is 19.1. The molecule has 1 aromatic carbocycles. The number of nitrogens with zero attached hydrogens (tertiary/aromatic N) is 2. The van der Waals surface area contributed by atoms with Crippen LogP contribution in [-0.2, 0) is 0 Å². The molecule has 0 atom stereocenters. The largest absolute Gasteiger partial charge is 0.508 e. The van der Waals surface area contributed by atoms with E-state index in [1.165, 1.54) is 0 Å². The van der Waals surface area contributed by atoms with E-state index in [4.69, 9.17) is 0 Å². The monoisotopic (exact) mass is 226 g/mol. The maximum Gasteiger partial charge on any atom is 0.179 e. The molecule has 0 fully saturated rings. The lowest BCUT2D eigenvalue weighted by Crippen LogP contribution is -1.87. The highest BCUT2D eigenvalue weighted by atomic mass is 16.3. The lowest BCUT2D eigenvalue weighted by Gasteiger charge is -2.02. The summed E-state index contributed by atoms with van der Waals surface area (Å²) in [5.41, 5.74) is 2.18. The Hall–Kier alpha value is -2.49. The molecule has 4 nitrogen and oxygen atoms in total. The molecule has 0 aliphatic heterocycles. The molecular formula is C13H10N2O2. The van der Waals surface area contributed by atoms with Crippen molar-refractivity contribution in [2.75, 3.05) is 0 Å². The molecule has 17 heavy (non-hydrogen) atoms. The Morgan fingerprint density at radius 2 is 1.94 bits per heavy atom. The molecule has 3 rings (SSSR count). The summed E-state index contributed by atoms with van der Waals surface area (Å²) in [6, 6.07) is 10.3. The second-order valence-electron chi connectivity index (χ2n) is 3.78. The van der Waals surface area contributed by atoms with Crippen LogP contribution in [0.5, 0.6) is 11.5 Å². The second kappa shape index (κ2) is 3.52. The van der Waals surface area contributed by atoms with E-state index in [9.17, 15) is 10.2 Å². The van der Waals surface area contributed by atoms with Crippen molar-refractivity contribution in [1.82, 2.24) is 9.38 Å². The Labute approximate surface area is 97.4 Å². The number of hydrogen-bond donors (Lipinski definition) is 2. The molecule has 0 unspecified atom stereocenters. The van der Waals surface area contributed by atoms with Gasteiger partial charge in [-0.3, -0.25) is 4.40 Å². The first-order chi connectivity index (χ1) is 8.25. The number of rotatable bonds is 1. The molecule has 0 saturated carbocycles. The van der Waals surface area contributed by atoms with Gasteiger partial charge in [0.25, 0.3) is 0 Å². The van der Waals surface area contributed by atoms with Gasteiger partial charge in [0.05, 0.1) is 11.9 Å². The molecule has 0 bridgehead atoms. The Morgan fingerprint density at radius 3 is 2.76 bits per heavy atom. The summed E-state index contributed by atoms with van der Waals surface area (Å²) in [7, 11) is 0. The Balaban J connectivity index is 2.28. The molecule has 2 aromatic heterocycles. The predicted octanol–water partition coefficient (Wildman–Crippen LogP) is 2.41. The van der Waals surface area contributed by atoms with Crippen LogP contribution in [0.4, 0.5) is 0 Å².